The predicted molar refractivity (Wildman–Crippen MR) is 87.6 cm³/mol. The first-order chi connectivity index (χ1) is 9.50. The SMILES string of the molecule is CC(C)c1ccccc1NC(=O)c1cccc(Br)c1Cl. The molecular formula is C16H15BrClNO. The van der Waals surface area contributed by atoms with Crippen molar-refractivity contribution in [2.45, 2.75) is 19.8 Å². The van der Waals surface area contributed by atoms with Crippen LogP contribution in [-0.4, -0.2) is 5.91 Å². The van der Waals surface area contributed by atoms with E-state index >= 15 is 0 Å². The zero-order valence-corrected chi connectivity index (χ0v) is 13.6. The Morgan fingerprint density at radius 1 is 1.15 bits per heavy atom. The summed E-state index contributed by atoms with van der Waals surface area (Å²) in [4.78, 5) is 12.3. The third-order valence-electron chi connectivity index (χ3n) is 3.03. The van der Waals surface area contributed by atoms with Crippen LogP contribution in [0.15, 0.2) is 46.9 Å². The zero-order chi connectivity index (χ0) is 14.7. The largest absolute Gasteiger partial charge is 0.322 e. The van der Waals surface area contributed by atoms with Gasteiger partial charge in [-0.3, -0.25) is 4.79 Å². The molecule has 0 heterocycles. The van der Waals surface area contributed by atoms with Crippen LogP contribution in [0.25, 0.3) is 0 Å². The van der Waals surface area contributed by atoms with Gasteiger partial charge in [0.2, 0.25) is 0 Å². The van der Waals surface area contributed by atoms with Gasteiger partial charge in [-0.15, -0.1) is 0 Å². The van der Waals surface area contributed by atoms with Crippen molar-refractivity contribution in [3.05, 3.63) is 63.1 Å². The van der Waals surface area contributed by atoms with Gasteiger partial charge in [-0.05, 0) is 45.6 Å². The number of rotatable bonds is 3. The Labute approximate surface area is 132 Å². The van der Waals surface area contributed by atoms with Gasteiger partial charge < -0.3 is 5.32 Å². The fourth-order valence-electron chi connectivity index (χ4n) is 1.98. The van der Waals surface area contributed by atoms with Crippen LogP contribution in [0.2, 0.25) is 5.02 Å². The first kappa shape index (κ1) is 15.1. The number of amides is 1. The van der Waals surface area contributed by atoms with Gasteiger partial charge in [0.05, 0.1) is 10.6 Å². The lowest BCUT2D eigenvalue weighted by Crippen LogP contribution is -2.14. The molecule has 0 unspecified atom stereocenters. The van der Waals surface area contributed by atoms with E-state index in [-0.39, 0.29) is 5.91 Å². The first-order valence-corrected chi connectivity index (χ1v) is 7.52. The van der Waals surface area contributed by atoms with E-state index in [1.807, 2.05) is 24.3 Å². The molecule has 4 heteroatoms. The highest BCUT2D eigenvalue weighted by atomic mass is 79.9. The molecule has 0 saturated carbocycles. The second-order valence-corrected chi connectivity index (χ2v) is 6.03. The summed E-state index contributed by atoms with van der Waals surface area (Å²) in [6, 6.07) is 13.1. The van der Waals surface area contributed by atoms with Gasteiger partial charge in [0, 0.05) is 10.2 Å². The third kappa shape index (κ3) is 3.22. The van der Waals surface area contributed by atoms with E-state index in [2.05, 4.69) is 35.1 Å². The van der Waals surface area contributed by atoms with Crippen molar-refractivity contribution in [2.75, 3.05) is 5.32 Å². The summed E-state index contributed by atoms with van der Waals surface area (Å²) < 4.78 is 0.712. The Bertz CT molecular complexity index is 640. The Balaban J connectivity index is 2.31. The summed E-state index contributed by atoms with van der Waals surface area (Å²) in [7, 11) is 0. The average Bonchev–Trinajstić information content (AvgIpc) is 2.42. The number of para-hydroxylation sites is 1. The summed E-state index contributed by atoms with van der Waals surface area (Å²) in [6.07, 6.45) is 0. The Morgan fingerprint density at radius 3 is 2.55 bits per heavy atom. The number of hydrogen-bond acceptors (Lipinski definition) is 1. The van der Waals surface area contributed by atoms with Crippen molar-refractivity contribution in [1.82, 2.24) is 0 Å². The fraction of sp³-hybridized carbons (Fsp3) is 0.188. The second kappa shape index (κ2) is 6.42. The summed E-state index contributed by atoms with van der Waals surface area (Å²) in [5, 5.41) is 3.36. The zero-order valence-electron chi connectivity index (χ0n) is 11.3. The molecule has 0 fully saturated rings. The number of nitrogens with one attached hydrogen (secondary N) is 1. The lowest BCUT2D eigenvalue weighted by molar-refractivity contribution is 0.102. The minimum atomic E-state index is -0.204. The minimum absolute atomic E-state index is 0.204. The molecule has 2 rings (SSSR count). The number of halogens is 2. The molecule has 2 aromatic carbocycles. The number of anilines is 1. The highest BCUT2D eigenvalue weighted by molar-refractivity contribution is 9.10. The number of benzene rings is 2. The van der Waals surface area contributed by atoms with Crippen LogP contribution in [0.5, 0.6) is 0 Å². The molecule has 0 aliphatic rings. The van der Waals surface area contributed by atoms with E-state index in [4.69, 9.17) is 11.6 Å². The Morgan fingerprint density at radius 2 is 1.85 bits per heavy atom. The van der Waals surface area contributed by atoms with Crippen molar-refractivity contribution in [3.63, 3.8) is 0 Å². The molecule has 0 aliphatic carbocycles. The molecule has 1 N–H and O–H groups in total. The molecular weight excluding hydrogens is 338 g/mol. The van der Waals surface area contributed by atoms with E-state index in [9.17, 15) is 4.79 Å². The molecule has 20 heavy (non-hydrogen) atoms. The lowest BCUT2D eigenvalue weighted by atomic mass is 10.0. The maximum Gasteiger partial charge on any atom is 0.257 e. The van der Waals surface area contributed by atoms with Crippen LogP contribution in [0, 0.1) is 0 Å². The van der Waals surface area contributed by atoms with Gasteiger partial charge in [-0.2, -0.15) is 0 Å². The average molecular weight is 353 g/mol. The summed E-state index contributed by atoms with van der Waals surface area (Å²) in [6.45, 7) is 4.19. The van der Waals surface area contributed by atoms with Crippen molar-refractivity contribution in [2.24, 2.45) is 0 Å². The quantitative estimate of drug-likeness (QED) is 0.779. The van der Waals surface area contributed by atoms with Crippen molar-refractivity contribution in [1.29, 1.82) is 0 Å². The number of carbonyl (C=O) groups is 1. The molecule has 0 radical (unpaired) electrons. The van der Waals surface area contributed by atoms with Crippen LogP contribution in [0.4, 0.5) is 5.69 Å². The topological polar surface area (TPSA) is 29.1 Å². The van der Waals surface area contributed by atoms with Gasteiger partial charge >= 0.3 is 0 Å². The third-order valence-corrected chi connectivity index (χ3v) is 4.32. The molecule has 0 bridgehead atoms. The highest BCUT2D eigenvalue weighted by Gasteiger charge is 2.14. The van der Waals surface area contributed by atoms with Gasteiger partial charge in [-0.25, -0.2) is 0 Å². The Kier molecular flexibility index (Phi) is 4.84. The molecule has 0 spiro atoms. The van der Waals surface area contributed by atoms with Gasteiger partial charge in [-0.1, -0.05) is 49.7 Å². The molecule has 1 amide bonds. The predicted octanol–water partition coefficient (Wildman–Crippen LogP) is 5.48. The van der Waals surface area contributed by atoms with Crippen molar-refractivity contribution in [3.8, 4) is 0 Å². The van der Waals surface area contributed by atoms with E-state index in [1.165, 1.54) is 0 Å². The molecule has 2 aromatic rings. The molecule has 2 nitrogen and oxygen atoms in total. The monoisotopic (exact) mass is 351 g/mol. The van der Waals surface area contributed by atoms with Gasteiger partial charge in [0.25, 0.3) is 5.91 Å². The van der Waals surface area contributed by atoms with Crippen LogP contribution < -0.4 is 5.32 Å². The van der Waals surface area contributed by atoms with Crippen LogP contribution in [0.3, 0.4) is 0 Å². The van der Waals surface area contributed by atoms with Crippen LogP contribution >= 0.6 is 27.5 Å². The normalized spacial score (nSPS) is 10.7. The van der Waals surface area contributed by atoms with E-state index in [0.29, 0.717) is 21.0 Å². The fourth-order valence-corrected chi connectivity index (χ4v) is 2.56. The van der Waals surface area contributed by atoms with Crippen molar-refractivity contribution < 1.29 is 4.79 Å². The molecule has 0 atom stereocenters. The second-order valence-electron chi connectivity index (χ2n) is 4.80. The highest BCUT2D eigenvalue weighted by Crippen LogP contribution is 2.28. The Hall–Kier alpha value is -1.32. The van der Waals surface area contributed by atoms with E-state index in [1.54, 1.807) is 18.2 Å². The minimum Gasteiger partial charge on any atom is -0.322 e. The lowest BCUT2D eigenvalue weighted by Gasteiger charge is -2.14. The standard InChI is InChI=1S/C16H15BrClNO/c1-10(2)11-6-3-4-9-14(11)19-16(20)12-7-5-8-13(17)15(12)18/h3-10H,1-2H3,(H,19,20). The molecule has 0 aliphatic heterocycles. The van der Waals surface area contributed by atoms with E-state index in [0.717, 1.165) is 11.3 Å². The molecule has 0 aromatic heterocycles. The number of hydrogen-bond donors (Lipinski definition) is 1. The first-order valence-electron chi connectivity index (χ1n) is 6.35. The molecule has 104 valence electrons. The smallest absolute Gasteiger partial charge is 0.257 e. The van der Waals surface area contributed by atoms with Crippen molar-refractivity contribution >= 4 is 39.1 Å². The maximum absolute atomic E-state index is 12.3. The van der Waals surface area contributed by atoms with Crippen LogP contribution in [-0.2, 0) is 0 Å². The summed E-state index contributed by atoms with van der Waals surface area (Å²) in [5.41, 5.74) is 2.38. The summed E-state index contributed by atoms with van der Waals surface area (Å²) >= 11 is 9.47. The van der Waals surface area contributed by atoms with Gasteiger partial charge in [0.15, 0.2) is 0 Å². The summed E-state index contributed by atoms with van der Waals surface area (Å²) in [5.74, 6) is 0.133. The molecule has 0 saturated heterocycles. The van der Waals surface area contributed by atoms with Gasteiger partial charge in [0.1, 0.15) is 0 Å². The van der Waals surface area contributed by atoms with Crippen LogP contribution in [0.1, 0.15) is 35.7 Å². The van der Waals surface area contributed by atoms with E-state index < -0.39 is 0 Å². The maximum atomic E-state index is 12.3. The number of carbonyl (C=O) groups excluding carboxylic acids is 1.